The van der Waals surface area contributed by atoms with Gasteiger partial charge >= 0.3 is 0 Å². The van der Waals surface area contributed by atoms with E-state index in [1.165, 1.54) is 22.4 Å². The number of aryl methyl sites for hydroxylation is 3. The van der Waals surface area contributed by atoms with Gasteiger partial charge in [-0.1, -0.05) is 31.5 Å². The van der Waals surface area contributed by atoms with Crippen molar-refractivity contribution in [1.82, 2.24) is 5.32 Å². The van der Waals surface area contributed by atoms with E-state index >= 15 is 0 Å². The lowest BCUT2D eigenvalue weighted by molar-refractivity contribution is 0.369. The lowest BCUT2D eigenvalue weighted by Crippen LogP contribution is -2.40. The van der Waals surface area contributed by atoms with Crippen LogP contribution in [-0.4, -0.2) is 25.7 Å². The zero-order valence-electron chi connectivity index (χ0n) is 13.3. The predicted molar refractivity (Wildman–Crippen MR) is 84.1 cm³/mol. The molecule has 0 radical (unpaired) electrons. The van der Waals surface area contributed by atoms with Crippen molar-refractivity contribution in [2.75, 3.05) is 24.5 Å². The highest BCUT2D eigenvalue weighted by Gasteiger charge is 2.29. The normalized spacial score (nSPS) is 23.3. The maximum absolute atomic E-state index is 3.60. The summed E-state index contributed by atoms with van der Waals surface area (Å²) < 4.78 is 0. The highest BCUT2D eigenvalue weighted by atomic mass is 15.2. The number of nitrogens with one attached hydrogen (secondary N) is 1. The van der Waals surface area contributed by atoms with Gasteiger partial charge in [0.15, 0.2) is 0 Å². The average Bonchev–Trinajstić information content (AvgIpc) is 2.37. The summed E-state index contributed by atoms with van der Waals surface area (Å²) >= 11 is 0. The molecule has 1 atom stereocenters. The molecule has 2 heteroatoms. The van der Waals surface area contributed by atoms with E-state index in [1.807, 2.05) is 0 Å². The highest BCUT2D eigenvalue weighted by Crippen LogP contribution is 2.32. The van der Waals surface area contributed by atoms with Crippen LogP contribution in [0.2, 0.25) is 0 Å². The van der Waals surface area contributed by atoms with Gasteiger partial charge in [0.05, 0.1) is 0 Å². The third-order valence-electron chi connectivity index (χ3n) is 4.10. The molecule has 1 heterocycles. The van der Waals surface area contributed by atoms with Gasteiger partial charge in [-0.2, -0.15) is 0 Å². The van der Waals surface area contributed by atoms with Gasteiger partial charge in [-0.15, -0.1) is 0 Å². The van der Waals surface area contributed by atoms with Crippen LogP contribution in [0.25, 0.3) is 0 Å². The van der Waals surface area contributed by atoms with Crippen molar-refractivity contribution in [3.05, 3.63) is 28.8 Å². The topological polar surface area (TPSA) is 15.3 Å². The van der Waals surface area contributed by atoms with Crippen molar-refractivity contribution < 1.29 is 0 Å². The van der Waals surface area contributed by atoms with Gasteiger partial charge < -0.3 is 10.2 Å². The molecule has 1 fully saturated rings. The second-order valence-corrected chi connectivity index (χ2v) is 7.02. The second-order valence-electron chi connectivity index (χ2n) is 7.02. The second kappa shape index (κ2) is 5.16. The molecule has 1 unspecified atom stereocenters. The number of benzene rings is 1. The van der Waals surface area contributed by atoms with Crippen LogP contribution in [0.15, 0.2) is 12.1 Å². The van der Waals surface area contributed by atoms with Crippen LogP contribution in [0.4, 0.5) is 5.69 Å². The lowest BCUT2D eigenvalue weighted by atomic mass is 9.92. The van der Waals surface area contributed by atoms with Crippen molar-refractivity contribution in [2.45, 2.75) is 47.6 Å². The minimum atomic E-state index is 0.314. The van der Waals surface area contributed by atoms with Gasteiger partial charge in [0.1, 0.15) is 0 Å². The molecule has 1 aromatic carbocycles. The van der Waals surface area contributed by atoms with Gasteiger partial charge in [0, 0.05) is 31.4 Å². The summed E-state index contributed by atoms with van der Waals surface area (Å²) in [5.41, 5.74) is 5.92. The van der Waals surface area contributed by atoms with Crippen molar-refractivity contribution in [3.8, 4) is 0 Å². The fraction of sp³-hybridized carbons (Fsp3) is 0.647. The molecule has 0 bridgehead atoms. The van der Waals surface area contributed by atoms with Crippen molar-refractivity contribution >= 4 is 5.69 Å². The summed E-state index contributed by atoms with van der Waals surface area (Å²) in [6, 6.07) is 5.16. The molecule has 0 spiro atoms. The monoisotopic (exact) mass is 260 g/mol. The summed E-state index contributed by atoms with van der Waals surface area (Å²) in [4.78, 5) is 2.60. The van der Waals surface area contributed by atoms with Gasteiger partial charge in [0.2, 0.25) is 0 Å². The molecular formula is C17H28N2. The Morgan fingerprint density at radius 1 is 1.16 bits per heavy atom. The molecule has 0 aliphatic carbocycles. The molecule has 106 valence electrons. The fourth-order valence-corrected chi connectivity index (χ4v) is 3.33. The molecule has 2 rings (SSSR count). The minimum absolute atomic E-state index is 0.314. The first-order valence-corrected chi connectivity index (χ1v) is 7.35. The molecule has 0 saturated carbocycles. The van der Waals surface area contributed by atoms with Crippen molar-refractivity contribution in [2.24, 2.45) is 5.41 Å². The maximum atomic E-state index is 3.60. The molecule has 1 aromatic rings. The van der Waals surface area contributed by atoms with Crippen LogP contribution in [0.5, 0.6) is 0 Å². The van der Waals surface area contributed by atoms with E-state index in [4.69, 9.17) is 0 Å². The van der Waals surface area contributed by atoms with E-state index in [0.29, 0.717) is 11.5 Å². The van der Waals surface area contributed by atoms with Gasteiger partial charge in [-0.3, -0.25) is 0 Å². The van der Waals surface area contributed by atoms with Crippen LogP contribution in [-0.2, 0) is 0 Å². The van der Waals surface area contributed by atoms with Gasteiger partial charge in [-0.25, -0.2) is 0 Å². The standard InChI is InChI=1S/C17H28N2/c1-12-7-13(2)16(14(3)8-12)19-11-17(5,6)10-18-9-15(19)4/h7-8,15,18H,9-11H2,1-6H3. The zero-order valence-corrected chi connectivity index (χ0v) is 13.3. The maximum Gasteiger partial charge on any atom is 0.0428 e. The largest absolute Gasteiger partial charge is 0.367 e. The van der Waals surface area contributed by atoms with E-state index in [9.17, 15) is 0 Å². The summed E-state index contributed by atoms with van der Waals surface area (Å²) in [6.07, 6.45) is 0. The summed E-state index contributed by atoms with van der Waals surface area (Å²) in [7, 11) is 0. The minimum Gasteiger partial charge on any atom is -0.367 e. The third-order valence-corrected chi connectivity index (χ3v) is 4.10. The Kier molecular flexibility index (Phi) is 3.91. The number of anilines is 1. The Morgan fingerprint density at radius 3 is 2.32 bits per heavy atom. The smallest absolute Gasteiger partial charge is 0.0428 e. The van der Waals surface area contributed by atoms with E-state index in [1.54, 1.807) is 0 Å². The Hall–Kier alpha value is -1.02. The summed E-state index contributed by atoms with van der Waals surface area (Å²) in [6.45, 7) is 17.0. The van der Waals surface area contributed by atoms with E-state index < -0.39 is 0 Å². The third kappa shape index (κ3) is 3.11. The Labute approximate surface area is 118 Å². The number of nitrogens with zero attached hydrogens (tertiary/aromatic N) is 1. The first-order valence-electron chi connectivity index (χ1n) is 7.35. The molecule has 2 nitrogen and oxygen atoms in total. The molecule has 19 heavy (non-hydrogen) atoms. The molecular weight excluding hydrogens is 232 g/mol. The average molecular weight is 260 g/mol. The van der Waals surface area contributed by atoms with Crippen molar-refractivity contribution in [1.29, 1.82) is 0 Å². The fourth-order valence-electron chi connectivity index (χ4n) is 3.33. The number of hydrogen-bond donors (Lipinski definition) is 1. The van der Waals surface area contributed by atoms with Gasteiger partial charge in [-0.05, 0) is 44.2 Å². The summed E-state index contributed by atoms with van der Waals surface area (Å²) in [5, 5.41) is 3.60. The number of rotatable bonds is 1. The van der Waals surface area contributed by atoms with Crippen LogP contribution in [0, 0.1) is 26.2 Å². The van der Waals surface area contributed by atoms with Crippen LogP contribution < -0.4 is 10.2 Å². The number of hydrogen-bond acceptors (Lipinski definition) is 2. The van der Waals surface area contributed by atoms with Crippen molar-refractivity contribution in [3.63, 3.8) is 0 Å². The molecule has 1 aliphatic heterocycles. The zero-order chi connectivity index (χ0) is 14.2. The quantitative estimate of drug-likeness (QED) is 0.832. The lowest BCUT2D eigenvalue weighted by Gasteiger charge is -2.36. The van der Waals surface area contributed by atoms with E-state index in [-0.39, 0.29) is 0 Å². The highest BCUT2D eigenvalue weighted by molar-refractivity contribution is 5.61. The first kappa shape index (κ1) is 14.4. The summed E-state index contributed by atoms with van der Waals surface area (Å²) in [5.74, 6) is 0. The molecule has 1 aliphatic rings. The predicted octanol–water partition coefficient (Wildman–Crippen LogP) is 3.44. The van der Waals surface area contributed by atoms with E-state index in [0.717, 1.165) is 19.6 Å². The van der Waals surface area contributed by atoms with Gasteiger partial charge in [0.25, 0.3) is 0 Å². The molecule has 0 aromatic heterocycles. The Bertz CT molecular complexity index is 439. The van der Waals surface area contributed by atoms with Crippen LogP contribution >= 0.6 is 0 Å². The molecule has 0 amide bonds. The Balaban J connectivity index is 2.43. The van der Waals surface area contributed by atoms with Crippen LogP contribution in [0.3, 0.4) is 0 Å². The SMILES string of the molecule is Cc1cc(C)c(N2CC(C)(C)CNCC2C)c(C)c1. The first-order chi connectivity index (χ1) is 8.80. The molecule has 1 saturated heterocycles. The van der Waals surface area contributed by atoms with E-state index in [2.05, 4.69) is 63.9 Å². The Morgan fingerprint density at radius 2 is 1.74 bits per heavy atom. The van der Waals surface area contributed by atoms with Crippen LogP contribution in [0.1, 0.15) is 37.5 Å². The molecule has 1 N–H and O–H groups in total.